The van der Waals surface area contributed by atoms with Gasteiger partial charge in [0.2, 0.25) is 0 Å². The van der Waals surface area contributed by atoms with E-state index < -0.39 is 9.84 Å². The molecule has 0 saturated heterocycles. The molecule has 0 saturated carbocycles. The number of sulfone groups is 1. The minimum atomic E-state index is -3.30. The molecule has 6 nitrogen and oxygen atoms in total. The van der Waals surface area contributed by atoms with Crippen LogP contribution in [0.2, 0.25) is 0 Å². The lowest BCUT2D eigenvalue weighted by Crippen LogP contribution is -2.00. The lowest BCUT2D eigenvalue weighted by Gasteiger charge is -2.09. The Bertz CT molecular complexity index is 1210. The summed E-state index contributed by atoms with van der Waals surface area (Å²) in [4.78, 5) is 12.0. The number of aryl methyl sites for hydroxylation is 1. The lowest BCUT2D eigenvalue weighted by atomic mass is 10.2. The zero-order valence-corrected chi connectivity index (χ0v) is 14.6. The average molecular weight is 352 g/mol. The van der Waals surface area contributed by atoms with Gasteiger partial charge in [-0.25, -0.2) is 18.4 Å². The van der Waals surface area contributed by atoms with E-state index in [9.17, 15) is 8.42 Å². The largest absolute Gasteiger partial charge is 0.359 e. The molecule has 2 aromatic heterocycles. The zero-order valence-electron chi connectivity index (χ0n) is 13.7. The van der Waals surface area contributed by atoms with Crippen LogP contribution in [0.5, 0.6) is 0 Å². The summed E-state index contributed by atoms with van der Waals surface area (Å²) in [6, 6.07) is 12.9. The second-order valence-corrected chi connectivity index (χ2v) is 8.07. The monoisotopic (exact) mass is 352 g/mol. The van der Waals surface area contributed by atoms with Crippen LogP contribution in [0.4, 0.5) is 11.5 Å². The third kappa shape index (κ3) is 2.94. The molecular weight excluding hydrogens is 336 g/mol. The summed E-state index contributed by atoms with van der Waals surface area (Å²) in [6.45, 7) is 2.01. The zero-order chi connectivity index (χ0) is 17.6. The molecule has 2 aromatic carbocycles. The number of nitrogens with zero attached hydrogens (tertiary/aromatic N) is 2. The standard InChI is InChI=1S/C18H16N4O2S/c1-11-7-12-8-13(3-5-16(12)21-11)22-18-15-9-14(25(2,23)24)4-6-17(15)19-10-20-18/h3-10,21H,1-2H3,(H,19,20,22). The molecule has 0 unspecified atom stereocenters. The van der Waals surface area contributed by atoms with Crippen molar-refractivity contribution in [2.24, 2.45) is 0 Å². The summed E-state index contributed by atoms with van der Waals surface area (Å²) in [5, 5.41) is 5.02. The minimum absolute atomic E-state index is 0.245. The first-order chi connectivity index (χ1) is 11.9. The number of rotatable bonds is 3. The van der Waals surface area contributed by atoms with Gasteiger partial charge in [-0.2, -0.15) is 0 Å². The molecule has 126 valence electrons. The third-order valence-electron chi connectivity index (χ3n) is 4.05. The number of anilines is 2. The van der Waals surface area contributed by atoms with Crippen LogP contribution in [0.1, 0.15) is 5.69 Å². The second kappa shape index (κ2) is 5.56. The Labute approximate surface area is 144 Å². The summed E-state index contributed by atoms with van der Waals surface area (Å²) in [7, 11) is -3.30. The van der Waals surface area contributed by atoms with Crippen molar-refractivity contribution in [2.45, 2.75) is 11.8 Å². The Hall–Kier alpha value is -2.93. The highest BCUT2D eigenvalue weighted by molar-refractivity contribution is 7.90. The van der Waals surface area contributed by atoms with Crippen LogP contribution in [0.25, 0.3) is 21.8 Å². The normalized spacial score (nSPS) is 11.9. The topological polar surface area (TPSA) is 87.7 Å². The predicted molar refractivity (Wildman–Crippen MR) is 99.0 cm³/mol. The van der Waals surface area contributed by atoms with Gasteiger partial charge in [0, 0.05) is 33.9 Å². The van der Waals surface area contributed by atoms with Crippen LogP contribution >= 0.6 is 0 Å². The quantitative estimate of drug-likeness (QED) is 0.588. The molecule has 0 amide bonds. The van der Waals surface area contributed by atoms with E-state index in [1.54, 1.807) is 18.2 Å². The van der Waals surface area contributed by atoms with Gasteiger partial charge in [-0.1, -0.05) is 0 Å². The molecular formula is C18H16N4O2S. The second-order valence-electron chi connectivity index (χ2n) is 6.05. The molecule has 25 heavy (non-hydrogen) atoms. The number of hydrogen-bond acceptors (Lipinski definition) is 5. The number of nitrogens with one attached hydrogen (secondary N) is 2. The molecule has 0 bridgehead atoms. The van der Waals surface area contributed by atoms with E-state index in [2.05, 4.69) is 26.3 Å². The number of aromatic amines is 1. The highest BCUT2D eigenvalue weighted by atomic mass is 32.2. The SMILES string of the molecule is Cc1cc2cc(Nc3ncnc4ccc(S(C)(=O)=O)cc34)ccc2[nH]1. The van der Waals surface area contributed by atoms with E-state index >= 15 is 0 Å². The average Bonchev–Trinajstić information content (AvgIpc) is 2.93. The third-order valence-corrected chi connectivity index (χ3v) is 5.16. The first kappa shape index (κ1) is 15.6. The van der Waals surface area contributed by atoms with Gasteiger partial charge in [0.1, 0.15) is 12.1 Å². The van der Waals surface area contributed by atoms with Gasteiger partial charge in [-0.15, -0.1) is 0 Å². The van der Waals surface area contributed by atoms with Gasteiger partial charge in [-0.05, 0) is 49.4 Å². The fraction of sp³-hybridized carbons (Fsp3) is 0.111. The van der Waals surface area contributed by atoms with Crippen molar-refractivity contribution in [1.29, 1.82) is 0 Å². The molecule has 4 rings (SSSR count). The molecule has 0 atom stereocenters. The maximum atomic E-state index is 11.8. The molecule has 4 aromatic rings. The van der Waals surface area contributed by atoms with Crippen molar-refractivity contribution >= 4 is 43.1 Å². The number of benzene rings is 2. The molecule has 0 fully saturated rings. The molecule has 0 aliphatic rings. The fourth-order valence-electron chi connectivity index (χ4n) is 2.86. The van der Waals surface area contributed by atoms with Gasteiger partial charge < -0.3 is 10.3 Å². The Morgan fingerprint density at radius 3 is 2.68 bits per heavy atom. The maximum Gasteiger partial charge on any atom is 0.175 e. The van der Waals surface area contributed by atoms with E-state index in [0.717, 1.165) is 22.3 Å². The fourth-order valence-corrected chi connectivity index (χ4v) is 3.51. The molecule has 2 N–H and O–H groups in total. The van der Waals surface area contributed by atoms with Crippen molar-refractivity contribution in [2.75, 3.05) is 11.6 Å². The van der Waals surface area contributed by atoms with Crippen LogP contribution in [-0.4, -0.2) is 29.6 Å². The lowest BCUT2D eigenvalue weighted by molar-refractivity contribution is 0.602. The summed E-state index contributed by atoms with van der Waals surface area (Å²) >= 11 is 0. The van der Waals surface area contributed by atoms with Crippen LogP contribution in [-0.2, 0) is 9.84 Å². The van der Waals surface area contributed by atoms with E-state index in [4.69, 9.17) is 0 Å². The van der Waals surface area contributed by atoms with Gasteiger partial charge in [0.25, 0.3) is 0 Å². The molecule has 0 radical (unpaired) electrons. The Balaban J connectivity index is 1.81. The van der Waals surface area contributed by atoms with Gasteiger partial charge in [0.05, 0.1) is 10.4 Å². The van der Waals surface area contributed by atoms with Crippen molar-refractivity contribution in [3.63, 3.8) is 0 Å². The summed E-state index contributed by atoms with van der Waals surface area (Å²) < 4.78 is 23.7. The Morgan fingerprint density at radius 2 is 1.88 bits per heavy atom. The highest BCUT2D eigenvalue weighted by Gasteiger charge is 2.11. The smallest absolute Gasteiger partial charge is 0.175 e. The minimum Gasteiger partial charge on any atom is -0.359 e. The number of aromatic nitrogens is 3. The van der Waals surface area contributed by atoms with Gasteiger partial charge in [0.15, 0.2) is 9.84 Å². The number of hydrogen-bond donors (Lipinski definition) is 2. The molecule has 0 spiro atoms. The Morgan fingerprint density at radius 1 is 1.04 bits per heavy atom. The van der Waals surface area contributed by atoms with E-state index in [1.165, 1.54) is 12.6 Å². The molecule has 7 heteroatoms. The van der Waals surface area contributed by atoms with Crippen LogP contribution < -0.4 is 5.32 Å². The first-order valence-electron chi connectivity index (χ1n) is 7.71. The van der Waals surface area contributed by atoms with Crippen molar-refractivity contribution in [3.8, 4) is 0 Å². The van der Waals surface area contributed by atoms with Crippen LogP contribution in [0.15, 0.2) is 53.7 Å². The molecule has 2 heterocycles. The molecule has 0 aliphatic carbocycles. The van der Waals surface area contributed by atoms with E-state index in [1.807, 2.05) is 25.1 Å². The van der Waals surface area contributed by atoms with E-state index in [-0.39, 0.29) is 4.90 Å². The van der Waals surface area contributed by atoms with E-state index in [0.29, 0.717) is 16.7 Å². The van der Waals surface area contributed by atoms with Crippen molar-refractivity contribution in [3.05, 3.63) is 54.5 Å². The highest BCUT2D eigenvalue weighted by Crippen LogP contribution is 2.27. The van der Waals surface area contributed by atoms with Crippen LogP contribution in [0, 0.1) is 6.92 Å². The number of fused-ring (bicyclic) bond motifs is 2. The molecule has 0 aliphatic heterocycles. The number of H-pyrrole nitrogens is 1. The van der Waals surface area contributed by atoms with Crippen molar-refractivity contribution < 1.29 is 8.42 Å². The van der Waals surface area contributed by atoms with Crippen LogP contribution in [0.3, 0.4) is 0 Å². The summed E-state index contributed by atoms with van der Waals surface area (Å²) in [6.07, 6.45) is 2.65. The first-order valence-corrected chi connectivity index (χ1v) is 9.60. The van der Waals surface area contributed by atoms with Gasteiger partial charge >= 0.3 is 0 Å². The summed E-state index contributed by atoms with van der Waals surface area (Å²) in [5.74, 6) is 0.571. The maximum absolute atomic E-state index is 11.8. The summed E-state index contributed by atoms with van der Waals surface area (Å²) in [5.41, 5.74) is 3.71. The predicted octanol–water partition coefficient (Wildman–Crippen LogP) is 3.57. The van der Waals surface area contributed by atoms with Crippen molar-refractivity contribution in [1.82, 2.24) is 15.0 Å². The van der Waals surface area contributed by atoms with Gasteiger partial charge in [-0.3, -0.25) is 0 Å². The Kier molecular flexibility index (Phi) is 3.47.